The summed E-state index contributed by atoms with van der Waals surface area (Å²) in [6.45, 7) is 5.96. The molecule has 0 unspecified atom stereocenters. The predicted molar refractivity (Wildman–Crippen MR) is 110 cm³/mol. The number of amidine groups is 1. The number of carbonyl (C=O) groups excluding carboxylic acids is 1. The van der Waals surface area contributed by atoms with Crippen molar-refractivity contribution >= 4 is 57.9 Å². The third-order valence-corrected chi connectivity index (χ3v) is 5.22. The first-order chi connectivity index (χ1) is 12.5. The molecule has 7 heteroatoms. The molecule has 0 bridgehead atoms. The number of halogens is 2. The number of hydrogen-bond acceptors (Lipinski definition) is 4. The summed E-state index contributed by atoms with van der Waals surface area (Å²) in [7, 11) is 0. The van der Waals surface area contributed by atoms with E-state index >= 15 is 0 Å². The summed E-state index contributed by atoms with van der Waals surface area (Å²) in [5.74, 6) is 0.378. The maximum absolute atomic E-state index is 12.8. The number of hydrogen-bond donors (Lipinski definition) is 0. The van der Waals surface area contributed by atoms with Gasteiger partial charge in [0.1, 0.15) is 0 Å². The number of pyridine rings is 1. The van der Waals surface area contributed by atoms with Gasteiger partial charge >= 0.3 is 0 Å². The first kappa shape index (κ1) is 18.7. The van der Waals surface area contributed by atoms with Crippen molar-refractivity contribution in [2.75, 3.05) is 6.54 Å². The molecule has 0 N–H and O–H groups in total. The highest BCUT2D eigenvalue weighted by Gasteiger charge is 2.33. The number of thioether (sulfide) groups is 1. The fraction of sp³-hybridized carbons (Fsp3) is 0.105. The Kier molecular flexibility index (Phi) is 5.81. The van der Waals surface area contributed by atoms with Gasteiger partial charge in [-0.15, -0.1) is 6.58 Å². The van der Waals surface area contributed by atoms with Crippen molar-refractivity contribution in [3.63, 3.8) is 0 Å². The number of rotatable bonds is 4. The van der Waals surface area contributed by atoms with Crippen molar-refractivity contribution in [3.8, 4) is 0 Å². The highest BCUT2D eigenvalue weighted by Crippen LogP contribution is 2.36. The third kappa shape index (κ3) is 4.01. The van der Waals surface area contributed by atoms with Crippen LogP contribution in [0, 0.1) is 6.92 Å². The number of nitrogens with zero attached hydrogens (tertiary/aromatic N) is 3. The molecule has 2 aromatic rings. The molecule has 0 radical (unpaired) electrons. The minimum absolute atomic E-state index is 0.169. The quantitative estimate of drug-likeness (QED) is 0.500. The average molecular weight is 404 g/mol. The van der Waals surface area contributed by atoms with Crippen molar-refractivity contribution in [1.29, 1.82) is 0 Å². The van der Waals surface area contributed by atoms with E-state index in [1.54, 1.807) is 41.3 Å². The van der Waals surface area contributed by atoms with Crippen LogP contribution in [0.2, 0.25) is 10.0 Å². The van der Waals surface area contributed by atoms with Gasteiger partial charge in [0.05, 0.1) is 4.91 Å². The number of benzene rings is 1. The highest BCUT2D eigenvalue weighted by atomic mass is 35.5. The lowest BCUT2D eigenvalue weighted by Gasteiger charge is -2.12. The van der Waals surface area contributed by atoms with Crippen LogP contribution in [0.1, 0.15) is 11.3 Å². The Morgan fingerprint density at radius 3 is 2.58 bits per heavy atom. The Morgan fingerprint density at radius 2 is 1.92 bits per heavy atom. The SMILES string of the molecule is C=CCN1C(=O)/C(=C/c2c(Cl)cccc2Cl)S/C1=N/c1cccc(C)n1. The van der Waals surface area contributed by atoms with Crippen LogP contribution in [0.25, 0.3) is 6.08 Å². The fourth-order valence-corrected chi connectivity index (χ4v) is 3.83. The summed E-state index contributed by atoms with van der Waals surface area (Å²) in [6, 6.07) is 10.8. The predicted octanol–water partition coefficient (Wildman–Crippen LogP) is 5.49. The van der Waals surface area contributed by atoms with E-state index in [-0.39, 0.29) is 5.91 Å². The molecule has 0 aliphatic carbocycles. The van der Waals surface area contributed by atoms with Crippen molar-refractivity contribution in [2.45, 2.75) is 6.92 Å². The summed E-state index contributed by atoms with van der Waals surface area (Å²) in [4.78, 5) is 23.7. The second-order valence-electron chi connectivity index (χ2n) is 5.48. The van der Waals surface area contributed by atoms with Crippen LogP contribution in [-0.2, 0) is 4.79 Å². The monoisotopic (exact) mass is 403 g/mol. The van der Waals surface area contributed by atoms with E-state index in [4.69, 9.17) is 23.2 Å². The maximum atomic E-state index is 12.8. The van der Waals surface area contributed by atoms with Gasteiger partial charge in [-0.25, -0.2) is 9.98 Å². The van der Waals surface area contributed by atoms with Crippen molar-refractivity contribution in [3.05, 3.63) is 75.3 Å². The van der Waals surface area contributed by atoms with Crippen molar-refractivity contribution in [1.82, 2.24) is 9.88 Å². The van der Waals surface area contributed by atoms with Gasteiger partial charge < -0.3 is 0 Å². The summed E-state index contributed by atoms with van der Waals surface area (Å²) in [5, 5.41) is 1.52. The Morgan fingerprint density at radius 1 is 1.23 bits per heavy atom. The van der Waals surface area contributed by atoms with E-state index in [2.05, 4.69) is 16.6 Å². The zero-order valence-corrected chi connectivity index (χ0v) is 16.3. The molecular weight excluding hydrogens is 389 g/mol. The molecule has 1 aromatic carbocycles. The normalized spacial score (nSPS) is 17.3. The molecule has 1 aliphatic heterocycles. The number of aliphatic imine (C=N–C) groups is 1. The molecule has 1 aliphatic rings. The summed E-state index contributed by atoms with van der Waals surface area (Å²) >= 11 is 13.7. The van der Waals surface area contributed by atoms with Gasteiger partial charge in [0.2, 0.25) is 0 Å². The van der Waals surface area contributed by atoms with E-state index in [0.717, 1.165) is 5.69 Å². The maximum Gasteiger partial charge on any atom is 0.267 e. The second kappa shape index (κ2) is 8.08. The second-order valence-corrected chi connectivity index (χ2v) is 7.31. The minimum atomic E-state index is -0.169. The lowest BCUT2D eigenvalue weighted by atomic mass is 10.2. The Hall–Kier alpha value is -2.08. The molecule has 26 heavy (non-hydrogen) atoms. The van der Waals surface area contributed by atoms with E-state index in [1.165, 1.54) is 11.8 Å². The Balaban J connectivity index is 2.01. The van der Waals surface area contributed by atoms with Crippen LogP contribution in [-0.4, -0.2) is 27.5 Å². The minimum Gasteiger partial charge on any atom is -0.282 e. The smallest absolute Gasteiger partial charge is 0.267 e. The van der Waals surface area contributed by atoms with Gasteiger partial charge in [-0.3, -0.25) is 9.69 Å². The number of carbonyl (C=O) groups is 1. The zero-order chi connectivity index (χ0) is 18.7. The molecule has 1 saturated heterocycles. The number of amides is 1. The van der Waals surface area contributed by atoms with Gasteiger partial charge in [-0.05, 0) is 49.0 Å². The van der Waals surface area contributed by atoms with Gasteiger partial charge in [-0.2, -0.15) is 0 Å². The topological polar surface area (TPSA) is 45.6 Å². The molecule has 0 atom stereocenters. The molecule has 0 spiro atoms. The van der Waals surface area contributed by atoms with Crippen LogP contribution < -0.4 is 0 Å². The van der Waals surface area contributed by atoms with Gasteiger partial charge in [0.25, 0.3) is 5.91 Å². The largest absolute Gasteiger partial charge is 0.282 e. The van der Waals surface area contributed by atoms with Crippen LogP contribution in [0.15, 0.2) is 59.0 Å². The molecule has 2 heterocycles. The van der Waals surface area contributed by atoms with E-state index in [1.807, 2.05) is 19.1 Å². The van der Waals surface area contributed by atoms with E-state index < -0.39 is 0 Å². The molecule has 1 aromatic heterocycles. The number of aromatic nitrogens is 1. The van der Waals surface area contributed by atoms with Gasteiger partial charge in [-0.1, -0.05) is 41.4 Å². The average Bonchev–Trinajstić information content (AvgIpc) is 2.87. The summed E-state index contributed by atoms with van der Waals surface area (Å²) in [5.41, 5.74) is 1.47. The van der Waals surface area contributed by atoms with Crippen LogP contribution in [0.4, 0.5) is 5.82 Å². The lowest BCUT2D eigenvalue weighted by Crippen LogP contribution is -2.29. The van der Waals surface area contributed by atoms with Gasteiger partial charge in [0.15, 0.2) is 11.0 Å². The van der Waals surface area contributed by atoms with E-state index in [0.29, 0.717) is 38.0 Å². The van der Waals surface area contributed by atoms with Crippen LogP contribution in [0.3, 0.4) is 0 Å². The first-order valence-electron chi connectivity index (χ1n) is 7.78. The molecule has 132 valence electrons. The lowest BCUT2D eigenvalue weighted by molar-refractivity contribution is -0.121. The molecule has 0 saturated carbocycles. The van der Waals surface area contributed by atoms with Crippen LogP contribution >= 0.6 is 35.0 Å². The highest BCUT2D eigenvalue weighted by molar-refractivity contribution is 8.18. The standard InChI is InChI=1S/C19H15Cl2N3OS/c1-3-10-24-18(25)16(11-13-14(20)7-5-8-15(13)21)26-19(24)23-17-9-4-6-12(2)22-17/h3-9,11H,1,10H2,2H3/b16-11-,23-19+. The summed E-state index contributed by atoms with van der Waals surface area (Å²) in [6.07, 6.45) is 3.35. The van der Waals surface area contributed by atoms with Gasteiger partial charge in [0, 0.05) is 27.8 Å². The molecule has 4 nitrogen and oxygen atoms in total. The number of aryl methyl sites for hydroxylation is 1. The molecular formula is C19H15Cl2N3OS. The third-order valence-electron chi connectivity index (χ3n) is 3.56. The zero-order valence-electron chi connectivity index (χ0n) is 13.9. The van der Waals surface area contributed by atoms with Crippen molar-refractivity contribution < 1.29 is 4.79 Å². The molecule has 1 amide bonds. The first-order valence-corrected chi connectivity index (χ1v) is 9.35. The Bertz CT molecular complexity index is 920. The fourth-order valence-electron chi connectivity index (χ4n) is 2.35. The van der Waals surface area contributed by atoms with E-state index in [9.17, 15) is 4.79 Å². The van der Waals surface area contributed by atoms with Crippen molar-refractivity contribution in [2.24, 2.45) is 4.99 Å². The summed E-state index contributed by atoms with van der Waals surface area (Å²) < 4.78 is 0. The molecule has 1 fully saturated rings. The Labute approximate surface area is 166 Å². The molecule has 3 rings (SSSR count). The van der Waals surface area contributed by atoms with Crippen LogP contribution in [0.5, 0.6) is 0 Å².